The van der Waals surface area contributed by atoms with Crippen LogP contribution in [0.3, 0.4) is 0 Å². The summed E-state index contributed by atoms with van der Waals surface area (Å²) in [5, 5.41) is 38.4. The molecule has 0 spiro atoms. The number of aliphatic carboxylic acids is 3. The first kappa shape index (κ1) is 16.4. The SMILES string of the molecule is O=C(O)CC(O)(C(=O)O)C(C(=O)O)c1cccc2cccnc12. The molecule has 8 nitrogen and oxygen atoms in total. The zero-order valence-electron chi connectivity index (χ0n) is 11.7. The van der Waals surface area contributed by atoms with Gasteiger partial charge in [-0.25, -0.2) is 4.79 Å². The number of carboxylic acids is 3. The van der Waals surface area contributed by atoms with Gasteiger partial charge in [-0.3, -0.25) is 14.6 Å². The number of pyridine rings is 1. The Morgan fingerprint density at radius 2 is 1.74 bits per heavy atom. The van der Waals surface area contributed by atoms with Crippen molar-refractivity contribution in [2.75, 3.05) is 0 Å². The van der Waals surface area contributed by atoms with E-state index in [4.69, 9.17) is 5.11 Å². The number of para-hydroxylation sites is 1. The van der Waals surface area contributed by atoms with Crippen LogP contribution in [-0.2, 0) is 14.4 Å². The number of fused-ring (bicyclic) bond motifs is 1. The van der Waals surface area contributed by atoms with E-state index in [1.807, 2.05) is 0 Å². The van der Waals surface area contributed by atoms with E-state index in [9.17, 15) is 29.7 Å². The molecule has 0 aliphatic heterocycles. The maximum Gasteiger partial charge on any atom is 0.337 e. The molecule has 2 unspecified atom stereocenters. The van der Waals surface area contributed by atoms with E-state index in [-0.39, 0.29) is 11.1 Å². The molecule has 8 heteroatoms. The predicted molar refractivity (Wildman–Crippen MR) is 77.0 cm³/mol. The third kappa shape index (κ3) is 2.97. The average Bonchev–Trinajstić information content (AvgIpc) is 2.46. The Balaban J connectivity index is 2.72. The van der Waals surface area contributed by atoms with E-state index < -0.39 is 35.8 Å². The second kappa shape index (κ2) is 6.01. The van der Waals surface area contributed by atoms with E-state index in [1.54, 1.807) is 18.2 Å². The molecule has 0 aliphatic rings. The molecular formula is C15H13NO7. The summed E-state index contributed by atoms with van der Waals surface area (Å²) < 4.78 is 0. The van der Waals surface area contributed by atoms with Gasteiger partial charge in [-0.1, -0.05) is 24.3 Å². The minimum atomic E-state index is -3.01. The van der Waals surface area contributed by atoms with Crippen LogP contribution in [0.4, 0.5) is 0 Å². The zero-order valence-corrected chi connectivity index (χ0v) is 11.7. The Kier molecular flexibility index (Phi) is 4.28. The summed E-state index contributed by atoms with van der Waals surface area (Å²) in [5.41, 5.74) is -2.89. The van der Waals surface area contributed by atoms with Crippen LogP contribution in [0.1, 0.15) is 17.9 Å². The lowest BCUT2D eigenvalue weighted by atomic mass is 9.79. The van der Waals surface area contributed by atoms with Crippen LogP contribution < -0.4 is 0 Å². The van der Waals surface area contributed by atoms with Gasteiger partial charge >= 0.3 is 17.9 Å². The fourth-order valence-corrected chi connectivity index (χ4v) is 2.49. The van der Waals surface area contributed by atoms with E-state index in [0.29, 0.717) is 5.39 Å². The molecule has 4 N–H and O–H groups in total. The monoisotopic (exact) mass is 319 g/mol. The molecule has 2 aromatic rings. The highest BCUT2D eigenvalue weighted by molar-refractivity contribution is 5.96. The van der Waals surface area contributed by atoms with Crippen LogP contribution in [0, 0.1) is 0 Å². The first-order valence-corrected chi connectivity index (χ1v) is 6.51. The Bertz CT molecular complexity index is 783. The summed E-state index contributed by atoms with van der Waals surface area (Å²) in [5.74, 6) is -7.21. The first-order valence-electron chi connectivity index (χ1n) is 6.51. The number of rotatable bonds is 6. The van der Waals surface area contributed by atoms with Crippen molar-refractivity contribution in [3.8, 4) is 0 Å². The maximum absolute atomic E-state index is 11.6. The molecule has 0 bridgehead atoms. The molecule has 0 saturated carbocycles. The summed E-state index contributed by atoms with van der Waals surface area (Å²) in [6.45, 7) is 0. The highest BCUT2D eigenvalue weighted by atomic mass is 16.4. The van der Waals surface area contributed by atoms with Crippen molar-refractivity contribution in [3.05, 3.63) is 42.1 Å². The lowest BCUT2D eigenvalue weighted by Crippen LogP contribution is -2.49. The molecular weight excluding hydrogens is 306 g/mol. The van der Waals surface area contributed by atoms with E-state index in [1.165, 1.54) is 18.3 Å². The predicted octanol–water partition coefficient (Wildman–Crippen LogP) is 0.693. The molecule has 23 heavy (non-hydrogen) atoms. The number of aliphatic hydroxyl groups is 1. The topological polar surface area (TPSA) is 145 Å². The number of carboxylic acid groups (broad SMARTS) is 3. The number of hydrogen-bond acceptors (Lipinski definition) is 5. The number of aromatic nitrogens is 1. The Morgan fingerprint density at radius 3 is 2.30 bits per heavy atom. The van der Waals surface area contributed by atoms with Gasteiger partial charge in [-0.2, -0.15) is 0 Å². The standard InChI is InChI=1S/C15H13NO7/c17-10(18)7-15(23,14(21)22)11(13(19)20)9-5-1-3-8-4-2-6-16-12(8)9/h1-6,11,23H,7H2,(H,17,18)(H,19,20)(H,21,22). The Morgan fingerprint density at radius 1 is 1.09 bits per heavy atom. The van der Waals surface area contributed by atoms with Crippen LogP contribution in [0.15, 0.2) is 36.5 Å². The molecule has 0 aliphatic carbocycles. The van der Waals surface area contributed by atoms with Crippen molar-refractivity contribution in [1.29, 1.82) is 0 Å². The number of carbonyl (C=O) groups is 3. The normalized spacial score (nSPS) is 14.8. The van der Waals surface area contributed by atoms with E-state index in [0.717, 1.165) is 0 Å². The van der Waals surface area contributed by atoms with Gasteiger partial charge in [0.1, 0.15) is 5.92 Å². The Labute approximate surface area is 129 Å². The molecule has 1 aromatic heterocycles. The van der Waals surface area contributed by atoms with E-state index >= 15 is 0 Å². The lowest BCUT2D eigenvalue weighted by Gasteiger charge is -2.29. The fraction of sp³-hybridized carbons (Fsp3) is 0.200. The molecule has 0 fully saturated rings. The third-order valence-electron chi connectivity index (χ3n) is 3.49. The average molecular weight is 319 g/mol. The lowest BCUT2D eigenvalue weighted by molar-refractivity contribution is -0.173. The van der Waals surface area contributed by atoms with Gasteiger partial charge in [0.2, 0.25) is 0 Å². The molecule has 1 aromatic carbocycles. The van der Waals surface area contributed by atoms with Gasteiger partial charge < -0.3 is 20.4 Å². The summed E-state index contributed by atoms with van der Waals surface area (Å²) >= 11 is 0. The first-order chi connectivity index (χ1) is 10.8. The third-order valence-corrected chi connectivity index (χ3v) is 3.49. The highest BCUT2D eigenvalue weighted by Gasteiger charge is 2.51. The minimum absolute atomic E-state index is 0.0678. The van der Waals surface area contributed by atoms with Gasteiger partial charge in [-0.15, -0.1) is 0 Å². The Hall–Kier alpha value is -3.00. The van der Waals surface area contributed by atoms with Crippen LogP contribution in [0.2, 0.25) is 0 Å². The smallest absolute Gasteiger partial charge is 0.337 e. The van der Waals surface area contributed by atoms with Gasteiger partial charge in [0, 0.05) is 11.6 Å². The summed E-state index contributed by atoms with van der Waals surface area (Å²) in [6.07, 6.45) is 0.129. The van der Waals surface area contributed by atoms with Crippen LogP contribution in [-0.4, -0.2) is 48.9 Å². The van der Waals surface area contributed by atoms with Crippen molar-refractivity contribution < 1.29 is 34.8 Å². The summed E-state index contributed by atoms with van der Waals surface area (Å²) in [4.78, 5) is 38.0. The molecule has 0 amide bonds. The van der Waals surface area contributed by atoms with Crippen molar-refractivity contribution >= 4 is 28.8 Å². The summed E-state index contributed by atoms with van der Waals surface area (Å²) in [7, 11) is 0. The number of benzene rings is 1. The van der Waals surface area contributed by atoms with Gasteiger partial charge in [0.25, 0.3) is 0 Å². The maximum atomic E-state index is 11.6. The highest BCUT2D eigenvalue weighted by Crippen LogP contribution is 2.35. The molecule has 2 atom stereocenters. The minimum Gasteiger partial charge on any atom is -0.481 e. The second-order valence-electron chi connectivity index (χ2n) is 4.99. The van der Waals surface area contributed by atoms with Crippen LogP contribution in [0.5, 0.6) is 0 Å². The van der Waals surface area contributed by atoms with Crippen molar-refractivity contribution in [2.45, 2.75) is 17.9 Å². The van der Waals surface area contributed by atoms with Crippen molar-refractivity contribution in [2.24, 2.45) is 0 Å². The quantitative estimate of drug-likeness (QED) is 0.608. The molecule has 1 heterocycles. The largest absolute Gasteiger partial charge is 0.481 e. The molecule has 2 rings (SSSR count). The van der Waals surface area contributed by atoms with Gasteiger partial charge in [-0.05, 0) is 11.6 Å². The number of nitrogens with zero attached hydrogens (tertiary/aromatic N) is 1. The van der Waals surface area contributed by atoms with Crippen LogP contribution >= 0.6 is 0 Å². The van der Waals surface area contributed by atoms with Gasteiger partial charge in [0.05, 0.1) is 11.9 Å². The number of hydrogen-bond donors (Lipinski definition) is 4. The molecule has 0 saturated heterocycles. The van der Waals surface area contributed by atoms with Gasteiger partial charge in [0.15, 0.2) is 5.60 Å². The van der Waals surface area contributed by atoms with E-state index in [2.05, 4.69) is 4.98 Å². The molecule has 120 valence electrons. The molecule has 0 radical (unpaired) electrons. The fourth-order valence-electron chi connectivity index (χ4n) is 2.49. The van der Waals surface area contributed by atoms with Crippen molar-refractivity contribution in [1.82, 2.24) is 4.98 Å². The summed E-state index contributed by atoms with van der Waals surface area (Å²) in [6, 6.07) is 7.69. The van der Waals surface area contributed by atoms with Crippen molar-refractivity contribution in [3.63, 3.8) is 0 Å². The second-order valence-corrected chi connectivity index (χ2v) is 4.99. The zero-order chi connectivity index (χ0) is 17.2. The van der Waals surface area contributed by atoms with Crippen LogP contribution in [0.25, 0.3) is 10.9 Å².